The molecule has 3 rings (SSSR count). The normalized spacial score (nSPS) is 10.2. The first kappa shape index (κ1) is 14.1. The topological polar surface area (TPSA) is 44.2 Å². The van der Waals surface area contributed by atoms with Crippen molar-refractivity contribution in [3.63, 3.8) is 0 Å². The zero-order valence-corrected chi connectivity index (χ0v) is 12.1. The third kappa shape index (κ3) is 3.82. The molecule has 2 aromatic heterocycles. The molecule has 2 heterocycles. The molecule has 0 unspecified atom stereocenters. The molecule has 0 aliphatic rings. The van der Waals surface area contributed by atoms with Crippen molar-refractivity contribution in [2.75, 3.05) is 0 Å². The zero-order valence-electron chi connectivity index (χ0n) is 12.1. The van der Waals surface area contributed by atoms with Crippen molar-refractivity contribution < 1.29 is 9.47 Å². The fraction of sp³-hybridized carbons (Fsp3) is 0.111. The van der Waals surface area contributed by atoms with Crippen molar-refractivity contribution in [2.45, 2.75) is 13.2 Å². The van der Waals surface area contributed by atoms with E-state index < -0.39 is 0 Å². The molecule has 0 spiro atoms. The Bertz CT molecular complexity index is 640. The highest BCUT2D eigenvalue weighted by molar-refractivity contribution is 5.39. The second kappa shape index (κ2) is 7.22. The van der Waals surface area contributed by atoms with Gasteiger partial charge in [0.15, 0.2) is 11.5 Å². The van der Waals surface area contributed by atoms with Gasteiger partial charge in [-0.25, -0.2) is 0 Å². The largest absolute Gasteiger partial charge is 0.485 e. The van der Waals surface area contributed by atoms with E-state index >= 15 is 0 Å². The maximum atomic E-state index is 5.85. The van der Waals surface area contributed by atoms with Crippen LogP contribution in [0.4, 0.5) is 0 Å². The molecule has 0 bridgehead atoms. The van der Waals surface area contributed by atoms with Gasteiger partial charge in [-0.2, -0.15) is 0 Å². The van der Waals surface area contributed by atoms with Crippen LogP contribution in [0.3, 0.4) is 0 Å². The van der Waals surface area contributed by atoms with E-state index in [1.54, 1.807) is 24.8 Å². The summed E-state index contributed by atoms with van der Waals surface area (Å²) in [7, 11) is 0. The first-order valence-electron chi connectivity index (χ1n) is 7.04. The van der Waals surface area contributed by atoms with Crippen molar-refractivity contribution in [3.05, 3.63) is 84.4 Å². The predicted molar refractivity (Wildman–Crippen MR) is 83.6 cm³/mol. The molecule has 0 amide bonds. The standard InChI is InChI=1S/C18H16N2O2/c1-2-4-18(22-14-16-7-11-20-12-8-16)17(3-1)21-13-15-5-9-19-10-6-15/h1-12H,13-14H2. The maximum Gasteiger partial charge on any atom is 0.161 e. The number of benzene rings is 1. The number of pyridine rings is 2. The van der Waals surface area contributed by atoms with Gasteiger partial charge in [0, 0.05) is 24.8 Å². The summed E-state index contributed by atoms with van der Waals surface area (Å²) in [6, 6.07) is 15.4. The van der Waals surface area contributed by atoms with E-state index in [0.717, 1.165) is 22.6 Å². The van der Waals surface area contributed by atoms with Gasteiger partial charge in [0.05, 0.1) is 0 Å². The van der Waals surface area contributed by atoms with Crippen molar-refractivity contribution in [1.82, 2.24) is 9.97 Å². The summed E-state index contributed by atoms with van der Waals surface area (Å²) < 4.78 is 11.7. The average Bonchev–Trinajstić information content (AvgIpc) is 2.61. The lowest BCUT2D eigenvalue weighted by atomic mass is 10.2. The quantitative estimate of drug-likeness (QED) is 0.696. The molecule has 4 heteroatoms. The van der Waals surface area contributed by atoms with Crippen molar-refractivity contribution in [2.24, 2.45) is 0 Å². The Balaban J connectivity index is 1.65. The van der Waals surface area contributed by atoms with Crippen LogP contribution in [0.2, 0.25) is 0 Å². The first-order chi connectivity index (χ1) is 10.9. The van der Waals surface area contributed by atoms with Crippen LogP contribution in [-0.2, 0) is 13.2 Å². The summed E-state index contributed by atoms with van der Waals surface area (Å²) in [5, 5.41) is 0. The number of rotatable bonds is 6. The van der Waals surface area contributed by atoms with E-state index in [-0.39, 0.29) is 0 Å². The van der Waals surface area contributed by atoms with Crippen LogP contribution >= 0.6 is 0 Å². The summed E-state index contributed by atoms with van der Waals surface area (Å²) in [6.07, 6.45) is 7.02. The summed E-state index contributed by atoms with van der Waals surface area (Å²) >= 11 is 0. The lowest BCUT2D eigenvalue weighted by Gasteiger charge is -2.12. The van der Waals surface area contributed by atoms with Gasteiger partial charge in [0.2, 0.25) is 0 Å². The van der Waals surface area contributed by atoms with Crippen LogP contribution in [0.1, 0.15) is 11.1 Å². The number of para-hydroxylation sites is 2. The van der Waals surface area contributed by atoms with Crippen LogP contribution in [0.5, 0.6) is 11.5 Å². The van der Waals surface area contributed by atoms with Crippen LogP contribution in [0.15, 0.2) is 73.3 Å². The van der Waals surface area contributed by atoms with Crippen LogP contribution in [0, 0.1) is 0 Å². The molecule has 0 saturated carbocycles. The Morgan fingerprint density at radius 2 is 1.00 bits per heavy atom. The fourth-order valence-electron chi connectivity index (χ4n) is 1.97. The third-order valence-corrected chi connectivity index (χ3v) is 3.14. The van der Waals surface area contributed by atoms with Crippen LogP contribution < -0.4 is 9.47 Å². The second-order valence-electron chi connectivity index (χ2n) is 4.74. The third-order valence-electron chi connectivity index (χ3n) is 3.14. The highest BCUT2D eigenvalue weighted by Crippen LogP contribution is 2.28. The van der Waals surface area contributed by atoms with E-state index in [2.05, 4.69) is 9.97 Å². The van der Waals surface area contributed by atoms with E-state index in [1.165, 1.54) is 0 Å². The average molecular weight is 292 g/mol. The molecular formula is C18H16N2O2. The zero-order chi connectivity index (χ0) is 15.0. The second-order valence-corrected chi connectivity index (χ2v) is 4.74. The molecule has 0 atom stereocenters. The van der Waals surface area contributed by atoms with E-state index in [0.29, 0.717) is 13.2 Å². The Morgan fingerprint density at radius 3 is 1.41 bits per heavy atom. The highest BCUT2D eigenvalue weighted by atomic mass is 16.5. The number of aromatic nitrogens is 2. The van der Waals surface area contributed by atoms with E-state index in [9.17, 15) is 0 Å². The Labute approximate surface area is 129 Å². The molecule has 0 N–H and O–H groups in total. The molecule has 110 valence electrons. The van der Waals surface area contributed by atoms with Crippen LogP contribution in [-0.4, -0.2) is 9.97 Å². The van der Waals surface area contributed by atoms with Crippen LogP contribution in [0.25, 0.3) is 0 Å². The van der Waals surface area contributed by atoms with Gasteiger partial charge in [0.25, 0.3) is 0 Å². The molecule has 22 heavy (non-hydrogen) atoms. The van der Waals surface area contributed by atoms with Gasteiger partial charge in [0.1, 0.15) is 13.2 Å². The molecule has 0 saturated heterocycles. The SMILES string of the molecule is c1ccc(OCc2ccncc2)c(OCc2ccncc2)c1. The van der Waals surface area contributed by atoms with E-state index in [4.69, 9.17) is 9.47 Å². The minimum Gasteiger partial charge on any atom is -0.485 e. The molecule has 0 radical (unpaired) electrons. The lowest BCUT2D eigenvalue weighted by Crippen LogP contribution is -2.00. The van der Waals surface area contributed by atoms with Gasteiger partial charge in [-0.3, -0.25) is 9.97 Å². The molecule has 4 nitrogen and oxygen atoms in total. The molecule has 0 aliphatic heterocycles. The van der Waals surface area contributed by atoms with Crippen molar-refractivity contribution in [3.8, 4) is 11.5 Å². The highest BCUT2D eigenvalue weighted by Gasteiger charge is 2.05. The number of nitrogens with zero attached hydrogens (tertiary/aromatic N) is 2. The van der Waals surface area contributed by atoms with E-state index in [1.807, 2.05) is 48.5 Å². The molecular weight excluding hydrogens is 276 g/mol. The molecule has 0 aliphatic carbocycles. The monoisotopic (exact) mass is 292 g/mol. The summed E-state index contributed by atoms with van der Waals surface area (Å²) in [5.74, 6) is 1.46. The van der Waals surface area contributed by atoms with Gasteiger partial charge in [-0.15, -0.1) is 0 Å². The van der Waals surface area contributed by atoms with Gasteiger partial charge >= 0.3 is 0 Å². The number of hydrogen-bond acceptors (Lipinski definition) is 4. The fourth-order valence-corrected chi connectivity index (χ4v) is 1.97. The Hall–Kier alpha value is -2.88. The predicted octanol–water partition coefficient (Wildman–Crippen LogP) is 3.63. The lowest BCUT2D eigenvalue weighted by molar-refractivity contribution is 0.256. The number of ether oxygens (including phenoxy) is 2. The minimum atomic E-state index is 0.484. The smallest absolute Gasteiger partial charge is 0.161 e. The maximum absolute atomic E-state index is 5.85. The Morgan fingerprint density at radius 1 is 0.591 bits per heavy atom. The molecule has 0 fully saturated rings. The minimum absolute atomic E-state index is 0.484. The summed E-state index contributed by atoms with van der Waals surface area (Å²) in [4.78, 5) is 7.99. The Kier molecular flexibility index (Phi) is 4.62. The van der Waals surface area contributed by atoms with Gasteiger partial charge in [-0.05, 0) is 47.5 Å². The van der Waals surface area contributed by atoms with Gasteiger partial charge in [-0.1, -0.05) is 12.1 Å². The van der Waals surface area contributed by atoms with Crippen molar-refractivity contribution in [1.29, 1.82) is 0 Å². The summed E-state index contributed by atoms with van der Waals surface area (Å²) in [5.41, 5.74) is 2.14. The van der Waals surface area contributed by atoms with Gasteiger partial charge < -0.3 is 9.47 Å². The summed E-state index contributed by atoms with van der Waals surface area (Å²) in [6.45, 7) is 0.969. The molecule has 3 aromatic rings. The number of hydrogen-bond donors (Lipinski definition) is 0. The van der Waals surface area contributed by atoms with Crippen molar-refractivity contribution >= 4 is 0 Å². The first-order valence-corrected chi connectivity index (χ1v) is 7.04. The molecule has 1 aromatic carbocycles.